The van der Waals surface area contributed by atoms with Gasteiger partial charge in [-0.25, -0.2) is 0 Å². The maximum Gasteiger partial charge on any atom is 0.338 e. The summed E-state index contributed by atoms with van der Waals surface area (Å²) in [5, 5.41) is 21.9. The molecule has 0 unspecified atom stereocenters. The van der Waals surface area contributed by atoms with Gasteiger partial charge in [0.2, 0.25) is 6.23 Å². The van der Waals surface area contributed by atoms with Gasteiger partial charge in [0, 0.05) is 6.54 Å². The van der Waals surface area contributed by atoms with Gasteiger partial charge in [0.05, 0.1) is 19.8 Å². The number of rotatable bonds is 9. The van der Waals surface area contributed by atoms with Crippen molar-refractivity contribution in [2.45, 2.75) is 20.1 Å². The van der Waals surface area contributed by atoms with Crippen molar-refractivity contribution >= 4 is 13.4 Å². The van der Waals surface area contributed by atoms with Crippen molar-refractivity contribution in [3.8, 4) is 0 Å². The van der Waals surface area contributed by atoms with Crippen LogP contribution in [-0.4, -0.2) is 66.3 Å². The third-order valence-electron chi connectivity index (χ3n) is 2.44. The molecule has 0 fully saturated rings. The molecule has 0 aliphatic carbocycles. The summed E-state index contributed by atoms with van der Waals surface area (Å²) in [6.45, 7) is 3.78. The maximum atomic E-state index is 12.4. The highest BCUT2D eigenvalue weighted by atomic mass is 31.2. The number of β-amino-alcohol motifs (C(OH)–C–C–N with tert-alkyl or cyclic N) is 1. The third kappa shape index (κ3) is 4.43. The molecule has 0 aromatic heterocycles. The molecule has 1 aliphatic rings. The van der Waals surface area contributed by atoms with Crippen LogP contribution < -0.4 is 0 Å². The second kappa shape index (κ2) is 7.81. The number of nitrogens with zero attached hydrogens (tertiary/aromatic N) is 2. The zero-order valence-electron chi connectivity index (χ0n) is 11.2. The van der Waals surface area contributed by atoms with Gasteiger partial charge in [-0.2, -0.15) is 0 Å². The van der Waals surface area contributed by atoms with Crippen LogP contribution in [0.15, 0.2) is 5.16 Å². The Hall–Kier alpha value is -0.660. The average Bonchev–Trinajstić information content (AvgIpc) is 2.72. The Labute approximate surface area is 112 Å². The van der Waals surface area contributed by atoms with Gasteiger partial charge in [-0.15, -0.1) is 0 Å². The fourth-order valence-corrected chi connectivity index (χ4v) is 3.35. The molecule has 8 nitrogen and oxygen atoms in total. The van der Waals surface area contributed by atoms with E-state index >= 15 is 0 Å². The fraction of sp³-hybridized carbons (Fsp3) is 0.900. The fourth-order valence-electron chi connectivity index (χ4n) is 1.72. The second-order valence-corrected chi connectivity index (χ2v) is 5.83. The highest BCUT2D eigenvalue weighted by Crippen LogP contribution is 2.48. The number of hydrogen-bond donors (Lipinski definition) is 2. The molecule has 1 heterocycles. The molecule has 0 bridgehead atoms. The molecule has 1 aliphatic heterocycles. The Morgan fingerprint density at radius 2 is 2.00 bits per heavy atom. The van der Waals surface area contributed by atoms with Crippen LogP contribution in [0.25, 0.3) is 0 Å². The lowest BCUT2D eigenvalue weighted by atomic mass is 10.4. The lowest BCUT2D eigenvalue weighted by Crippen LogP contribution is -2.41. The van der Waals surface area contributed by atoms with Crippen molar-refractivity contribution in [1.82, 2.24) is 4.90 Å². The Morgan fingerprint density at radius 3 is 2.47 bits per heavy atom. The van der Waals surface area contributed by atoms with Gasteiger partial charge in [0.15, 0.2) is 5.84 Å². The first kappa shape index (κ1) is 16.4. The lowest BCUT2D eigenvalue weighted by molar-refractivity contribution is -0.0309. The van der Waals surface area contributed by atoms with E-state index in [-0.39, 0.29) is 39.1 Å². The molecule has 1 atom stereocenters. The second-order valence-electron chi connectivity index (χ2n) is 3.77. The summed E-state index contributed by atoms with van der Waals surface area (Å²) < 4.78 is 22.7. The zero-order valence-corrected chi connectivity index (χ0v) is 12.1. The van der Waals surface area contributed by atoms with Gasteiger partial charge in [-0.3, -0.25) is 4.57 Å². The molecule has 0 radical (unpaired) electrons. The van der Waals surface area contributed by atoms with E-state index in [4.69, 9.17) is 24.1 Å². The summed E-state index contributed by atoms with van der Waals surface area (Å²) in [7, 11) is -3.28. The first-order valence-electron chi connectivity index (χ1n) is 6.19. The van der Waals surface area contributed by atoms with Crippen molar-refractivity contribution in [1.29, 1.82) is 0 Å². The van der Waals surface area contributed by atoms with Crippen LogP contribution in [0.5, 0.6) is 0 Å². The van der Waals surface area contributed by atoms with Gasteiger partial charge in [0.25, 0.3) is 0 Å². The average molecular weight is 296 g/mol. The lowest BCUT2D eigenvalue weighted by Gasteiger charge is -2.24. The predicted octanol–water partition coefficient (Wildman–Crippen LogP) is 0.209. The summed E-state index contributed by atoms with van der Waals surface area (Å²) in [5.41, 5.74) is 0. The quantitative estimate of drug-likeness (QED) is 0.586. The molecule has 2 N–H and O–H groups in total. The van der Waals surface area contributed by atoms with Crippen LogP contribution in [0.4, 0.5) is 0 Å². The van der Waals surface area contributed by atoms with Gasteiger partial charge >= 0.3 is 7.60 Å². The minimum atomic E-state index is -3.28. The number of amidine groups is 1. The van der Waals surface area contributed by atoms with Crippen LogP contribution >= 0.6 is 7.60 Å². The van der Waals surface area contributed by atoms with E-state index in [0.29, 0.717) is 5.84 Å². The zero-order chi connectivity index (χ0) is 14.3. The minimum absolute atomic E-state index is 0.0504. The van der Waals surface area contributed by atoms with E-state index in [1.807, 2.05) is 0 Å². The molecule has 0 saturated carbocycles. The normalized spacial score (nSPS) is 19.5. The molecule has 0 spiro atoms. The number of aliphatic hydroxyl groups is 2. The van der Waals surface area contributed by atoms with Crippen LogP contribution in [0, 0.1) is 0 Å². The Morgan fingerprint density at radius 1 is 1.37 bits per heavy atom. The SMILES string of the molecule is CCOP(=O)(CC1=NO[C@@H](CO)N1CCO)OCC. The van der Waals surface area contributed by atoms with Crippen molar-refractivity contribution < 1.29 is 28.7 Å². The molecule has 0 amide bonds. The molecule has 9 heteroatoms. The number of oxime groups is 1. The monoisotopic (exact) mass is 296 g/mol. The van der Waals surface area contributed by atoms with E-state index in [9.17, 15) is 4.57 Å². The standard InChI is InChI=1S/C10H21N2O6P/c1-3-16-19(15,17-4-2)8-9-11-18-10(7-14)12(9)5-6-13/h10,13-14H,3-8H2,1-2H3/t10-/m0/s1. The van der Waals surface area contributed by atoms with E-state index in [2.05, 4.69) is 5.16 Å². The highest BCUT2D eigenvalue weighted by Gasteiger charge is 2.35. The molecule has 1 rings (SSSR count). The summed E-state index contributed by atoms with van der Waals surface area (Å²) in [6, 6.07) is 0. The molecule has 0 saturated heterocycles. The van der Waals surface area contributed by atoms with Crippen LogP contribution in [0.2, 0.25) is 0 Å². The van der Waals surface area contributed by atoms with Crippen molar-refractivity contribution in [2.24, 2.45) is 5.16 Å². The molecule has 0 aromatic rings. The first-order chi connectivity index (χ1) is 9.10. The summed E-state index contributed by atoms with van der Waals surface area (Å²) >= 11 is 0. The van der Waals surface area contributed by atoms with Crippen molar-refractivity contribution in [3.05, 3.63) is 0 Å². The van der Waals surface area contributed by atoms with Crippen LogP contribution in [0.1, 0.15) is 13.8 Å². The van der Waals surface area contributed by atoms with Crippen LogP contribution in [-0.2, 0) is 18.5 Å². The predicted molar refractivity (Wildman–Crippen MR) is 68.9 cm³/mol. The topological polar surface area (TPSA) is 101 Å². The van der Waals surface area contributed by atoms with Gasteiger partial charge in [-0.1, -0.05) is 5.16 Å². The number of hydrogen-bond acceptors (Lipinski definition) is 8. The first-order valence-corrected chi connectivity index (χ1v) is 7.92. The third-order valence-corrected chi connectivity index (χ3v) is 4.42. The molecular weight excluding hydrogens is 275 g/mol. The smallest absolute Gasteiger partial charge is 0.338 e. The Bertz CT molecular complexity index is 341. The van der Waals surface area contributed by atoms with E-state index in [1.54, 1.807) is 18.7 Å². The maximum absolute atomic E-state index is 12.4. The largest absolute Gasteiger partial charge is 0.395 e. The minimum Gasteiger partial charge on any atom is -0.395 e. The van der Waals surface area contributed by atoms with E-state index < -0.39 is 13.8 Å². The summed E-state index contributed by atoms with van der Waals surface area (Å²) in [5.74, 6) is 0.346. The van der Waals surface area contributed by atoms with Gasteiger partial charge in [0.1, 0.15) is 12.8 Å². The van der Waals surface area contributed by atoms with Gasteiger partial charge < -0.3 is 29.0 Å². The van der Waals surface area contributed by atoms with E-state index in [0.717, 1.165) is 0 Å². The van der Waals surface area contributed by atoms with Crippen molar-refractivity contribution in [3.63, 3.8) is 0 Å². The Balaban J connectivity index is 2.75. The number of aliphatic hydroxyl groups excluding tert-OH is 2. The highest BCUT2D eigenvalue weighted by molar-refractivity contribution is 7.54. The van der Waals surface area contributed by atoms with E-state index in [1.165, 1.54) is 0 Å². The summed E-state index contributed by atoms with van der Waals surface area (Å²) in [4.78, 5) is 6.55. The molecule has 19 heavy (non-hydrogen) atoms. The van der Waals surface area contributed by atoms with Crippen LogP contribution in [0.3, 0.4) is 0 Å². The molecular formula is C10H21N2O6P. The Kier molecular flexibility index (Phi) is 6.74. The molecule has 0 aromatic carbocycles. The van der Waals surface area contributed by atoms with Gasteiger partial charge in [-0.05, 0) is 13.8 Å². The summed E-state index contributed by atoms with van der Waals surface area (Å²) in [6.07, 6.45) is -0.718. The van der Waals surface area contributed by atoms with Crippen molar-refractivity contribution in [2.75, 3.05) is 39.1 Å². The molecule has 112 valence electrons.